The third-order valence-corrected chi connectivity index (χ3v) is 6.63. The van der Waals surface area contributed by atoms with Crippen molar-refractivity contribution in [2.24, 2.45) is 5.41 Å². The maximum Gasteiger partial charge on any atom is 0.326 e. The molecule has 3 unspecified atom stereocenters. The van der Waals surface area contributed by atoms with Gasteiger partial charge in [0.05, 0.1) is 33.0 Å². The summed E-state index contributed by atoms with van der Waals surface area (Å²) in [6.45, 7) is 8.99. The molecule has 2 aliphatic rings. The Morgan fingerprint density at radius 1 is 1.21 bits per heavy atom. The summed E-state index contributed by atoms with van der Waals surface area (Å²) in [6, 6.07) is 6.51. The van der Waals surface area contributed by atoms with Crippen molar-refractivity contribution in [1.29, 1.82) is 0 Å². The zero-order valence-corrected chi connectivity index (χ0v) is 20.3. The van der Waals surface area contributed by atoms with Gasteiger partial charge in [-0.1, -0.05) is 35.9 Å². The second kappa shape index (κ2) is 11.8. The van der Waals surface area contributed by atoms with Crippen LogP contribution in [0.25, 0.3) is 0 Å². The fourth-order valence-electron chi connectivity index (χ4n) is 4.64. The van der Waals surface area contributed by atoms with Gasteiger partial charge in [-0.15, -0.1) is 0 Å². The summed E-state index contributed by atoms with van der Waals surface area (Å²) >= 11 is 6.53. The lowest BCUT2D eigenvalue weighted by Gasteiger charge is -2.44. The Labute approximate surface area is 200 Å². The average molecular weight is 480 g/mol. The van der Waals surface area contributed by atoms with Gasteiger partial charge in [0, 0.05) is 49.4 Å². The Bertz CT molecular complexity index is 858. The van der Waals surface area contributed by atoms with E-state index in [1.54, 1.807) is 13.0 Å². The number of methoxy groups -OCH3 is 1. The number of allylic oxidation sites excluding steroid dienone is 2. The van der Waals surface area contributed by atoms with E-state index in [4.69, 9.17) is 25.8 Å². The molecular formula is C24H34ClN3O5. The highest BCUT2D eigenvalue weighted by Crippen LogP contribution is 2.47. The lowest BCUT2D eigenvalue weighted by Crippen LogP contribution is -2.62. The zero-order chi connectivity index (χ0) is 23.8. The first-order valence-electron chi connectivity index (χ1n) is 11.4. The molecule has 1 aromatic carbocycles. The van der Waals surface area contributed by atoms with Crippen LogP contribution in [0, 0.1) is 5.41 Å². The van der Waals surface area contributed by atoms with Crippen LogP contribution in [0.2, 0.25) is 5.02 Å². The molecule has 8 nitrogen and oxygen atoms in total. The molecule has 0 saturated carbocycles. The number of hydrogen-bond acceptors (Lipinski definition) is 8. The maximum atomic E-state index is 13.5. The second-order valence-electron chi connectivity index (χ2n) is 8.29. The van der Waals surface area contributed by atoms with E-state index in [1.165, 1.54) is 7.11 Å². The third kappa shape index (κ3) is 5.51. The minimum Gasteiger partial charge on any atom is -0.468 e. The van der Waals surface area contributed by atoms with Crippen LogP contribution in [0.1, 0.15) is 25.3 Å². The monoisotopic (exact) mass is 479 g/mol. The highest BCUT2D eigenvalue weighted by molar-refractivity contribution is 6.31. The number of esters is 2. The Kier molecular flexibility index (Phi) is 9.14. The quantitative estimate of drug-likeness (QED) is 0.315. The highest BCUT2D eigenvalue weighted by Gasteiger charge is 2.62. The Morgan fingerprint density at radius 2 is 1.94 bits per heavy atom. The van der Waals surface area contributed by atoms with Gasteiger partial charge in [0.2, 0.25) is 0 Å². The molecule has 1 saturated heterocycles. The molecule has 2 aliphatic heterocycles. The smallest absolute Gasteiger partial charge is 0.326 e. The van der Waals surface area contributed by atoms with Crippen LogP contribution in [0.4, 0.5) is 0 Å². The van der Waals surface area contributed by atoms with Gasteiger partial charge in [-0.3, -0.25) is 14.5 Å². The molecule has 1 aromatic rings. The molecular weight excluding hydrogens is 446 g/mol. The number of carbonyl (C=O) groups excluding carboxylic acids is 2. The van der Waals surface area contributed by atoms with Gasteiger partial charge in [0.1, 0.15) is 0 Å². The molecule has 2 heterocycles. The molecule has 0 aromatic heterocycles. The molecule has 0 amide bonds. The average Bonchev–Trinajstić information content (AvgIpc) is 2.82. The molecule has 9 heteroatoms. The molecule has 2 N–H and O–H groups in total. The number of piperazine rings is 1. The molecule has 0 spiro atoms. The molecule has 0 bridgehead atoms. The zero-order valence-electron chi connectivity index (χ0n) is 19.6. The fourth-order valence-corrected chi connectivity index (χ4v) is 4.89. The van der Waals surface area contributed by atoms with Gasteiger partial charge in [-0.25, -0.2) is 0 Å². The van der Waals surface area contributed by atoms with E-state index < -0.39 is 29.3 Å². The number of rotatable bonds is 9. The van der Waals surface area contributed by atoms with E-state index in [0.29, 0.717) is 17.2 Å². The van der Waals surface area contributed by atoms with E-state index >= 15 is 0 Å². The van der Waals surface area contributed by atoms with E-state index in [0.717, 1.165) is 38.4 Å². The van der Waals surface area contributed by atoms with Crippen molar-refractivity contribution in [3.63, 3.8) is 0 Å². The lowest BCUT2D eigenvalue weighted by atomic mass is 9.65. The first-order valence-corrected chi connectivity index (χ1v) is 11.8. The van der Waals surface area contributed by atoms with Crippen molar-refractivity contribution in [2.45, 2.75) is 25.8 Å². The van der Waals surface area contributed by atoms with Crippen LogP contribution >= 0.6 is 11.6 Å². The van der Waals surface area contributed by atoms with E-state index in [-0.39, 0.29) is 13.2 Å². The summed E-state index contributed by atoms with van der Waals surface area (Å²) in [5, 5.41) is 7.08. The molecule has 182 valence electrons. The van der Waals surface area contributed by atoms with Crippen molar-refractivity contribution in [2.75, 3.05) is 59.7 Å². The van der Waals surface area contributed by atoms with Gasteiger partial charge < -0.3 is 24.8 Å². The summed E-state index contributed by atoms with van der Waals surface area (Å²) in [5.74, 6) is -2.02. The lowest BCUT2D eigenvalue weighted by molar-refractivity contribution is -0.176. The second-order valence-corrected chi connectivity index (χ2v) is 8.70. The topological polar surface area (TPSA) is 89.1 Å². The largest absolute Gasteiger partial charge is 0.468 e. The Balaban J connectivity index is 1.93. The van der Waals surface area contributed by atoms with Crippen molar-refractivity contribution < 1.29 is 23.8 Å². The first-order chi connectivity index (χ1) is 15.9. The maximum absolute atomic E-state index is 13.5. The summed E-state index contributed by atoms with van der Waals surface area (Å²) < 4.78 is 16.7. The van der Waals surface area contributed by atoms with Crippen molar-refractivity contribution in [1.82, 2.24) is 15.5 Å². The molecule has 0 radical (unpaired) electrons. The van der Waals surface area contributed by atoms with Crippen LogP contribution < -0.4 is 10.6 Å². The van der Waals surface area contributed by atoms with Crippen LogP contribution in [-0.2, 0) is 23.8 Å². The van der Waals surface area contributed by atoms with Crippen LogP contribution in [-0.4, -0.2) is 82.5 Å². The molecule has 0 aliphatic carbocycles. The minimum atomic E-state index is -1.69. The van der Waals surface area contributed by atoms with Gasteiger partial charge >= 0.3 is 11.9 Å². The number of benzene rings is 1. The summed E-state index contributed by atoms with van der Waals surface area (Å²) in [4.78, 5) is 29.2. The fraction of sp³-hybridized carbons (Fsp3) is 0.583. The van der Waals surface area contributed by atoms with Gasteiger partial charge in [-0.05, 0) is 25.5 Å². The van der Waals surface area contributed by atoms with Crippen molar-refractivity contribution in [3.8, 4) is 0 Å². The summed E-state index contributed by atoms with van der Waals surface area (Å²) in [7, 11) is 1.28. The van der Waals surface area contributed by atoms with Gasteiger partial charge in [0.25, 0.3) is 0 Å². The van der Waals surface area contributed by atoms with Crippen LogP contribution in [0.5, 0.6) is 0 Å². The van der Waals surface area contributed by atoms with Crippen LogP contribution in [0.15, 0.2) is 36.0 Å². The number of carbonyl (C=O) groups is 2. The SMILES string of the molecule is CCOC(=O)C1(C(=O)OC)C(COCCN2CCNCC2)NC(C)=CC1c1ccccc1Cl. The number of nitrogens with one attached hydrogen (secondary N) is 2. The predicted molar refractivity (Wildman–Crippen MR) is 126 cm³/mol. The van der Waals surface area contributed by atoms with E-state index in [9.17, 15) is 9.59 Å². The number of nitrogens with zero attached hydrogens (tertiary/aromatic N) is 1. The molecule has 33 heavy (non-hydrogen) atoms. The summed E-state index contributed by atoms with van der Waals surface area (Å²) in [5.41, 5.74) is -0.214. The third-order valence-electron chi connectivity index (χ3n) is 6.28. The highest BCUT2D eigenvalue weighted by atomic mass is 35.5. The van der Waals surface area contributed by atoms with E-state index in [1.807, 2.05) is 31.2 Å². The standard InChI is InChI=1S/C24H34ClN3O5/c1-4-33-23(30)24(22(29)31-3)19(18-7-5-6-8-20(18)25)15-17(2)27-21(24)16-32-14-13-28-11-9-26-10-12-28/h5-8,15,19,21,26-27H,4,9-14,16H2,1-3H3. The van der Waals surface area contributed by atoms with Crippen molar-refractivity contribution in [3.05, 3.63) is 46.6 Å². The molecule has 3 atom stereocenters. The normalized spacial score (nSPS) is 25.6. The predicted octanol–water partition coefficient (Wildman–Crippen LogP) is 1.94. The Hall–Kier alpha value is -2.13. The van der Waals surface area contributed by atoms with Crippen LogP contribution in [0.3, 0.4) is 0 Å². The molecule has 3 rings (SSSR count). The van der Waals surface area contributed by atoms with Crippen molar-refractivity contribution >= 4 is 23.5 Å². The minimum absolute atomic E-state index is 0.131. The van der Waals surface area contributed by atoms with E-state index in [2.05, 4.69) is 15.5 Å². The molecule has 1 fully saturated rings. The summed E-state index contributed by atoms with van der Waals surface area (Å²) in [6.07, 6.45) is 1.84. The number of hydrogen-bond donors (Lipinski definition) is 2. The van der Waals surface area contributed by atoms with Gasteiger partial charge in [0.15, 0.2) is 5.41 Å². The van der Waals surface area contributed by atoms with Gasteiger partial charge in [-0.2, -0.15) is 0 Å². The Morgan fingerprint density at radius 3 is 2.61 bits per heavy atom. The number of ether oxygens (including phenoxy) is 3. The number of halogens is 1. The first kappa shape index (κ1) is 25.5.